The van der Waals surface area contributed by atoms with Crippen LogP contribution < -0.4 is 5.73 Å². The van der Waals surface area contributed by atoms with E-state index in [-0.39, 0.29) is 0 Å². The van der Waals surface area contributed by atoms with Crippen molar-refractivity contribution in [3.05, 3.63) is 29.3 Å². The maximum Gasteiger partial charge on any atom is 0.0362 e. The standard InChI is InChI=1S/C17H26N2/c1-12-5-3-6-13(2)17(12)19-10-9-14-7-4-8-16(18)15(14)11-19/h4,7-8,12-13,17H,3,5-6,9-11,18H2,1-2H3. The third-order valence-electron chi connectivity index (χ3n) is 5.25. The highest BCUT2D eigenvalue weighted by molar-refractivity contribution is 5.51. The quantitative estimate of drug-likeness (QED) is 0.782. The molecule has 2 N–H and O–H groups in total. The minimum Gasteiger partial charge on any atom is -0.398 e. The van der Waals surface area contributed by atoms with Crippen molar-refractivity contribution in [2.45, 2.75) is 52.1 Å². The normalized spacial score (nSPS) is 32.0. The predicted octanol–water partition coefficient (Wildman–Crippen LogP) is 3.45. The topological polar surface area (TPSA) is 29.3 Å². The molecule has 0 bridgehead atoms. The molecule has 1 heterocycles. The first-order valence-corrected chi connectivity index (χ1v) is 7.77. The van der Waals surface area contributed by atoms with Gasteiger partial charge in [-0.2, -0.15) is 0 Å². The number of rotatable bonds is 1. The van der Waals surface area contributed by atoms with Gasteiger partial charge in [0, 0.05) is 24.8 Å². The summed E-state index contributed by atoms with van der Waals surface area (Å²) in [7, 11) is 0. The van der Waals surface area contributed by atoms with E-state index in [1.807, 2.05) is 0 Å². The molecule has 19 heavy (non-hydrogen) atoms. The van der Waals surface area contributed by atoms with E-state index < -0.39 is 0 Å². The molecule has 0 radical (unpaired) electrons. The number of anilines is 1. The van der Waals surface area contributed by atoms with E-state index in [4.69, 9.17) is 5.73 Å². The van der Waals surface area contributed by atoms with Gasteiger partial charge in [-0.25, -0.2) is 0 Å². The number of hydrogen-bond acceptors (Lipinski definition) is 2. The third kappa shape index (κ3) is 2.38. The lowest BCUT2D eigenvalue weighted by atomic mass is 9.77. The molecule has 1 fully saturated rings. The van der Waals surface area contributed by atoms with Gasteiger partial charge in [0.05, 0.1) is 0 Å². The molecule has 1 aromatic rings. The summed E-state index contributed by atoms with van der Waals surface area (Å²) in [6.45, 7) is 7.13. The molecule has 2 atom stereocenters. The number of nitrogens with two attached hydrogens (primary N) is 1. The molecule has 0 amide bonds. The Hall–Kier alpha value is -1.02. The van der Waals surface area contributed by atoms with Crippen LogP contribution in [0.5, 0.6) is 0 Å². The van der Waals surface area contributed by atoms with Crippen LogP contribution in [0.15, 0.2) is 18.2 Å². The molecule has 0 aromatic heterocycles. The minimum atomic E-state index is 0.751. The van der Waals surface area contributed by atoms with Gasteiger partial charge in [0.2, 0.25) is 0 Å². The molecule has 0 saturated heterocycles. The van der Waals surface area contributed by atoms with Crippen LogP contribution in [-0.2, 0) is 13.0 Å². The van der Waals surface area contributed by atoms with Crippen molar-refractivity contribution in [3.8, 4) is 0 Å². The minimum absolute atomic E-state index is 0.751. The van der Waals surface area contributed by atoms with Crippen molar-refractivity contribution in [3.63, 3.8) is 0 Å². The Labute approximate surface area is 117 Å². The van der Waals surface area contributed by atoms with Gasteiger partial charge in [0.25, 0.3) is 0 Å². The first-order chi connectivity index (χ1) is 9.16. The van der Waals surface area contributed by atoms with E-state index in [2.05, 4.69) is 36.9 Å². The maximum atomic E-state index is 6.18. The van der Waals surface area contributed by atoms with E-state index in [0.29, 0.717) is 0 Å². The molecule has 2 heteroatoms. The van der Waals surface area contributed by atoms with Gasteiger partial charge in [-0.3, -0.25) is 4.90 Å². The summed E-state index contributed by atoms with van der Waals surface area (Å²) >= 11 is 0. The van der Waals surface area contributed by atoms with Crippen LogP contribution in [0.3, 0.4) is 0 Å². The van der Waals surface area contributed by atoms with Gasteiger partial charge in [-0.1, -0.05) is 32.4 Å². The van der Waals surface area contributed by atoms with E-state index in [9.17, 15) is 0 Å². The Balaban J connectivity index is 1.83. The fraction of sp³-hybridized carbons (Fsp3) is 0.647. The van der Waals surface area contributed by atoms with E-state index in [0.717, 1.165) is 36.5 Å². The van der Waals surface area contributed by atoms with E-state index in [1.54, 1.807) is 0 Å². The number of hydrogen-bond donors (Lipinski definition) is 1. The van der Waals surface area contributed by atoms with Crippen molar-refractivity contribution in [2.24, 2.45) is 11.8 Å². The summed E-state index contributed by atoms with van der Waals surface area (Å²) in [5.74, 6) is 1.66. The fourth-order valence-electron chi connectivity index (χ4n) is 4.27. The zero-order valence-corrected chi connectivity index (χ0v) is 12.2. The van der Waals surface area contributed by atoms with Crippen LogP contribution in [0.25, 0.3) is 0 Å². The molecule has 104 valence electrons. The first kappa shape index (κ1) is 13.0. The molecule has 0 spiro atoms. The fourth-order valence-corrected chi connectivity index (χ4v) is 4.27. The second kappa shape index (κ2) is 5.16. The van der Waals surface area contributed by atoms with Crippen molar-refractivity contribution in [1.29, 1.82) is 0 Å². The van der Waals surface area contributed by atoms with Gasteiger partial charge in [-0.05, 0) is 48.3 Å². The molecule has 2 nitrogen and oxygen atoms in total. The molecular weight excluding hydrogens is 232 g/mol. The lowest BCUT2D eigenvalue weighted by Gasteiger charge is -2.44. The van der Waals surface area contributed by atoms with Gasteiger partial charge in [0.15, 0.2) is 0 Å². The summed E-state index contributed by atoms with van der Waals surface area (Å²) in [5, 5.41) is 0. The number of nitrogen functional groups attached to an aromatic ring is 1. The third-order valence-corrected chi connectivity index (χ3v) is 5.25. The Kier molecular flexibility index (Phi) is 3.53. The van der Waals surface area contributed by atoms with Crippen molar-refractivity contribution >= 4 is 5.69 Å². The molecule has 3 rings (SSSR count). The largest absolute Gasteiger partial charge is 0.398 e. The number of benzene rings is 1. The Morgan fingerprint density at radius 2 is 1.89 bits per heavy atom. The summed E-state index contributed by atoms with van der Waals surface area (Å²) < 4.78 is 0. The van der Waals surface area contributed by atoms with Crippen LogP contribution >= 0.6 is 0 Å². The Morgan fingerprint density at radius 1 is 1.16 bits per heavy atom. The lowest BCUT2D eigenvalue weighted by molar-refractivity contribution is 0.0588. The van der Waals surface area contributed by atoms with Crippen LogP contribution in [0.2, 0.25) is 0 Å². The monoisotopic (exact) mass is 258 g/mol. The molecule has 1 aliphatic heterocycles. The van der Waals surface area contributed by atoms with Crippen LogP contribution in [0.4, 0.5) is 5.69 Å². The predicted molar refractivity (Wildman–Crippen MR) is 80.9 cm³/mol. The van der Waals surface area contributed by atoms with Crippen LogP contribution in [0.1, 0.15) is 44.2 Å². The lowest BCUT2D eigenvalue weighted by Crippen LogP contribution is -2.48. The van der Waals surface area contributed by atoms with E-state index in [1.165, 1.54) is 36.9 Å². The second-order valence-electron chi connectivity index (χ2n) is 6.58. The number of nitrogens with zero attached hydrogens (tertiary/aromatic N) is 1. The van der Waals surface area contributed by atoms with Gasteiger partial charge >= 0.3 is 0 Å². The van der Waals surface area contributed by atoms with Crippen LogP contribution in [0, 0.1) is 11.8 Å². The molecule has 1 saturated carbocycles. The highest BCUT2D eigenvalue weighted by Crippen LogP contribution is 2.36. The van der Waals surface area contributed by atoms with Crippen molar-refractivity contribution < 1.29 is 0 Å². The zero-order valence-electron chi connectivity index (χ0n) is 12.2. The molecule has 2 unspecified atom stereocenters. The summed E-state index contributed by atoms with van der Waals surface area (Å²) in [4.78, 5) is 2.70. The number of fused-ring (bicyclic) bond motifs is 1. The molecular formula is C17H26N2. The highest BCUT2D eigenvalue weighted by Gasteiger charge is 2.34. The van der Waals surface area contributed by atoms with Gasteiger partial charge in [-0.15, -0.1) is 0 Å². The second-order valence-corrected chi connectivity index (χ2v) is 6.58. The SMILES string of the molecule is CC1CCCC(C)C1N1CCc2cccc(N)c2C1. The van der Waals surface area contributed by atoms with Gasteiger partial charge in [0.1, 0.15) is 0 Å². The summed E-state index contributed by atoms with van der Waals surface area (Å²) in [6, 6.07) is 7.14. The van der Waals surface area contributed by atoms with Crippen LogP contribution in [-0.4, -0.2) is 17.5 Å². The maximum absolute atomic E-state index is 6.18. The summed E-state index contributed by atoms with van der Waals surface area (Å²) in [6.07, 6.45) is 5.35. The average molecular weight is 258 g/mol. The van der Waals surface area contributed by atoms with Crippen molar-refractivity contribution in [1.82, 2.24) is 4.90 Å². The molecule has 1 aliphatic carbocycles. The smallest absolute Gasteiger partial charge is 0.0362 e. The molecule has 1 aromatic carbocycles. The average Bonchev–Trinajstić information content (AvgIpc) is 2.39. The molecule has 2 aliphatic rings. The van der Waals surface area contributed by atoms with Crippen molar-refractivity contribution in [2.75, 3.05) is 12.3 Å². The van der Waals surface area contributed by atoms with E-state index >= 15 is 0 Å². The first-order valence-electron chi connectivity index (χ1n) is 7.77. The zero-order chi connectivity index (χ0) is 13.4. The van der Waals surface area contributed by atoms with Gasteiger partial charge < -0.3 is 5.73 Å². The highest BCUT2D eigenvalue weighted by atomic mass is 15.2. The Bertz CT molecular complexity index is 445. The Morgan fingerprint density at radius 3 is 2.63 bits per heavy atom. The summed E-state index contributed by atoms with van der Waals surface area (Å²) in [5.41, 5.74) is 10.0.